The molecule has 3 atom stereocenters. The van der Waals surface area contributed by atoms with Gasteiger partial charge in [-0.25, -0.2) is 14.8 Å². The first-order valence-electron chi connectivity index (χ1n) is 12.4. The minimum Gasteiger partial charge on any atom is -0.465 e. The molecule has 0 saturated carbocycles. The molecule has 0 aromatic carbocycles. The van der Waals surface area contributed by atoms with Gasteiger partial charge in [0.1, 0.15) is 11.5 Å². The highest BCUT2D eigenvalue weighted by Crippen LogP contribution is 2.27. The van der Waals surface area contributed by atoms with Crippen molar-refractivity contribution in [1.82, 2.24) is 25.2 Å². The topological polar surface area (TPSA) is 122 Å². The maximum atomic E-state index is 12.9. The molecule has 1 saturated heterocycles. The van der Waals surface area contributed by atoms with Crippen LogP contribution < -0.4 is 15.5 Å². The molecule has 2 aliphatic rings. The highest BCUT2D eigenvalue weighted by atomic mass is 16.5. The van der Waals surface area contributed by atoms with Crippen LogP contribution in [-0.2, 0) is 24.1 Å². The van der Waals surface area contributed by atoms with Crippen LogP contribution in [0, 0.1) is 5.92 Å². The molecular formula is C26H32N6O4. The smallest absolute Gasteiger partial charge is 0.404 e. The number of methoxy groups -OCH3 is 1. The Labute approximate surface area is 209 Å². The summed E-state index contributed by atoms with van der Waals surface area (Å²) in [5.41, 5.74) is 3.63. The van der Waals surface area contributed by atoms with Gasteiger partial charge in [-0.2, -0.15) is 0 Å². The van der Waals surface area contributed by atoms with E-state index in [0.717, 1.165) is 53.9 Å². The Bertz CT molecular complexity index is 1270. The number of pyridine rings is 2. The van der Waals surface area contributed by atoms with Gasteiger partial charge in [0.05, 0.1) is 18.2 Å². The number of nitrogens with one attached hydrogen (secondary N) is 2. The van der Waals surface area contributed by atoms with Gasteiger partial charge in [-0.15, -0.1) is 0 Å². The Morgan fingerprint density at radius 3 is 2.86 bits per heavy atom. The molecule has 0 bridgehead atoms. The number of carboxylic acid groups (broad SMARTS) is 1. The maximum absolute atomic E-state index is 12.9. The van der Waals surface area contributed by atoms with E-state index in [-0.39, 0.29) is 23.9 Å². The normalized spacial score (nSPS) is 21.4. The van der Waals surface area contributed by atoms with Crippen LogP contribution in [-0.4, -0.2) is 70.5 Å². The molecule has 3 aromatic heterocycles. The van der Waals surface area contributed by atoms with Gasteiger partial charge < -0.3 is 29.9 Å². The van der Waals surface area contributed by atoms with Crippen molar-refractivity contribution in [3.8, 4) is 0 Å². The lowest BCUT2D eigenvalue weighted by molar-refractivity contribution is 0.0933. The van der Waals surface area contributed by atoms with Gasteiger partial charge in [-0.1, -0.05) is 6.07 Å². The SMILES string of the molecule is CCn1ccc2cc(C(=O)N[C@H]3CCc4nc(N5CC(COC)C(NC(=O)O)C5)ccc4C3)cnc21. The molecule has 10 nitrogen and oxygen atoms in total. The number of aryl methyl sites for hydroxylation is 2. The number of rotatable bonds is 7. The lowest BCUT2D eigenvalue weighted by Gasteiger charge is -2.26. The highest BCUT2D eigenvalue weighted by Gasteiger charge is 2.35. The minimum absolute atomic E-state index is 0.0376. The van der Waals surface area contributed by atoms with E-state index >= 15 is 0 Å². The summed E-state index contributed by atoms with van der Waals surface area (Å²) < 4.78 is 7.35. The molecular weight excluding hydrogens is 460 g/mol. The Morgan fingerprint density at radius 2 is 2.08 bits per heavy atom. The lowest BCUT2D eigenvalue weighted by atomic mass is 9.91. The van der Waals surface area contributed by atoms with Crippen molar-refractivity contribution in [1.29, 1.82) is 0 Å². The second-order valence-corrected chi connectivity index (χ2v) is 9.60. The third-order valence-electron chi connectivity index (χ3n) is 7.24. The number of aromatic nitrogens is 3. The first-order chi connectivity index (χ1) is 17.4. The Balaban J connectivity index is 1.23. The number of fused-ring (bicyclic) bond motifs is 2. The van der Waals surface area contributed by atoms with Crippen LogP contribution in [0.15, 0.2) is 36.7 Å². The fraction of sp³-hybridized carbons (Fsp3) is 0.462. The van der Waals surface area contributed by atoms with E-state index in [4.69, 9.17) is 9.72 Å². The van der Waals surface area contributed by atoms with Gasteiger partial charge >= 0.3 is 6.09 Å². The summed E-state index contributed by atoms with van der Waals surface area (Å²) in [4.78, 5) is 35.6. The van der Waals surface area contributed by atoms with E-state index in [1.54, 1.807) is 13.3 Å². The van der Waals surface area contributed by atoms with Crippen molar-refractivity contribution in [2.45, 2.75) is 44.8 Å². The Hall–Kier alpha value is -3.66. The van der Waals surface area contributed by atoms with Gasteiger partial charge in [0.2, 0.25) is 0 Å². The van der Waals surface area contributed by atoms with Gasteiger partial charge in [-0.05, 0) is 49.9 Å². The Morgan fingerprint density at radius 1 is 1.22 bits per heavy atom. The van der Waals surface area contributed by atoms with E-state index in [0.29, 0.717) is 25.3 Å². The van der Waals surface area contributed by atoms with Crippen molar-refractivity contribution in [2.24, 2.45) is 5.92 Å². The second kappa shape index (κ2) is 10.1. The first kappa shape index (κ1) is 24.1. The molecule has 1 aliphatic carbocycles. The minimum atomic E-state index is -1.02. The average molecular weight is 493 g/mol. The fourth-order valence-electron chi connectivity index (χ4n) is 5.39. The number of hydrogen-bond donors (Lipinski definition) is 3. The van der Waals surface area contributed by atoms with Crippen molar-refractivity contribution in [3.63, 3.8) is 0 Å². The molecule has 3 N–H and O–H groups in total. The summed E-state index contributed by atoms with van der Waals surface area (Å²) in [5, 5.41) is 15.9. The van der Waals surface area contributed by atoms with E-state index in [9.17, 15) is 14.7 Å². The molecule has 0 radical (unpaired) electrons. The number of carbonyl (C=O) groups is 2. The standard InChI is InChI=1S/C26H32N6O4/c1-3-31-9-8-17-10-18(12-27-24(17)31)25(33)28-20-5-6-21-16(11-20)4-7-23(29-21)32-13-19(15-36-2)22(14-32)30-26(34)35/h4,7-10,12,19-20,22,30H,3,5-6,11,13-15H2,1-2H3,(H,28,33)(H,34,35)/t19?,20-,22?/m0/s1. The first-order valence-corrected chi connectivity index (χ1v) is 12.4. The molecule has 1 aliphatic heterocycles. The van der Waals surface area contributed by atoms with E-state index in [1.165, 1.54) is 0 Å². The van der Waals surface area contributed by atoms with Crippen LogP contribution >= 0.6 is 0 Å². The zero-order valence-electron chi connectivity index (χ0n) is 20.6. The van der Waals surface area contributed by atoms with Crippen LogP contribution in [0.4, 0.5) is 10.6 Å². The van der Waals surface area contributed by atoms with E-state index in [1.807, 2.05) is 24.4 Å². The number of nitrogens with zero attached hydrogens (tertiary/aromatic N) is 4. The Kier molecular flexibility index (Phi) is 6.77. The van der Waals surface area contributed by atoms with Crippen molar-refractivity contribution >= 4 is 28.9 Å². The summed E-state index contributed by atoms with van der Waals surface area (Å²) in [5.74, 6) is 0.813. The summed E-state index contributed by atoms with van der Waals surface area (Å²) in [6.07, 6.45) is 4.93. The number of anilines is 1. The zero-order valence-corrected chi connectivity index (χ0v) is 20.6. The average Bonchev–Trinajstić information content (AvgIpc) is 3.47. The lowest BCUT2D eigenvalue weighted by Crippen LogP contribution is -2.41. The van der Waals surface area contributed by atoms with Crippen LogP contribution in [0.2, 0.25) is 0 Å². The van der Waals surface area contributed by atoms with Gasteiger partial charge in [0.15, 0.2) is 0 Å². The predicted octanol–water partition coefficient (Wildman–Crippen LogP) is 2.46. The largest absolute Gasteiger partial charge is 0.465 e. The van der Waals surface area contributed by atoms with Crippen molar-refractivity contribution < 1.29 is 19.4 Å². The van der Waals surface area contributed by atoms with Gasteiger partial charge in [-0.3, -0.25) is 4.79 Å². The molecule has 1 fully saturated rings. The summed E-state index contributed by atoms with van der Waals surface area (Å²) >= 11 is 0. The number of amides is 2. The monoisotopic (exact) mass is 492 g/mol. The predicted molar refractivity (Wildman–Crippen MR) is 135 cm³/mol. The third kappa shape index (κ3) is 4.86. The number of ether oxygens (including phenoxy) is 1. The van der Waals surface area contributed by atoms with Crippen LogP contribution in [0.1, 0.15) is 35.0 Å². The summed E-state index contributed by atoms with van der Waals surface area (Å²) in [6, 6.07) is 7.80. The maximum Gasteiger partial charge on any atom is 0.404 e. The zero-order chi connectivity index (χ0) is 25.2. The van der Waals surface area contributed by atoms with Crippen molar-refractivity contribution in [3.05, 3.63) is 53.5 Å². The van der Waals surface area contributed by atoms with E-state index in [2.05, 4.69) is 38.1 Å². The number of hydrogen-bond acceptors (Lipinski definition) is 6. The second-order valence-electron chi connectivity index (χ2n) is 9.60. The molecule has 190 valence electrons. The summed E-state index contributed by atoms with van der Waals surface area (Å²) in [7, 11) is 1.63. The van der Waals surface area contributed by atoms with Gasteiger partial charge in [0, 0.05) is 62.2 Å². The summed E-state index contributed by atoms with van der Waals surface area (Å²) in [6.45, 7) is 4.64. The fourth-order valence-corrected chi connectivity index (χ4v) is 5.39. The van der Waals surface area contributed by atoms with Crippen molar-refractivity contribution in [2.75, 3.05) is 31.7 Å². The molecule has 2 amide bonds. The highest BCUT2D eigenvalue weighted by molar-refractivity contribution is 5.97. The third-order valence-corrected chi connectivity index (χ3v) is 7.24. The molecule has 5 rings (SSSR count). The molecule has 10 heteroatoms. The molecule has 3 aromatic rings. The quantitative estimate of drug-likeness (QED) is 0.463. The van der Waals surface area contributed by atoms with Gasteiger partial charge in [0.25, 0.3) is 5.91 Å². The molecule has 36 heavy (non-hydrogen) atoms. The van der Waals surface area contributed by atoms with Crippen LogP contribution in [0.3, 0.4) is 0 Å². The van der Waals surface area contributed by atoms with Crippen LogP contribution in [0.5, 0.6) is 0 Å². The molecule has 0 spiro atoms. The number of carbonyl (C=O) groups excluding carboxylic acids is 1. The van der Waals surface area contributed by atoms with E-state index < -0.39 is 6.09 Å². The molecule has 2 unspecified atom stereocenters. The molecule has 4 heterocycles. The van der Waals surface area contributed by atoms with Crippen LogP contribution in [0.25, 0.3) is 11.0 Å².